The average molecular weight is 357 g/mol. The van der Waals surface area contributed by atoms with Crippen LogP contribution in [0.4, 0.5) is 19.0 Å². The van der Waals surface area contributed by atoms with Gasteiger partial charge < -0.3 is 5.32 Å². The number of aromatic nitrogens is 2. The summed E-state index contributed by atoms with van der Waals surface area (Å²) >= 11 is 0. The van der Waals surface area contributed by atoms with Gasteiger partial charge in [-0.05, 0) is 49.6 Å². The van der Waals surface area contributed by atoms with Crippen LogP contribution < -0.4 is 5.32 Å². The fraction of sp³-hybridized carbons (Fsp3) is 0.250. The van der Waals surface area contributed by atoms with Crippen LogP contribution in [0.15, 0.2) is 42.5 Å². The Labute approximate surface area is 149 Å². The van der Waals surface area contributed by atoms with E-state index in [1.54, 1.807) is 0 Å². The highest BCUT2D eigenvalue weighted by Crippen LogP contribution is 2.37. The topological polar surface area (TPSA) is 29.9 Å². The number of benzene rings is 2. The van der Waals surface area contributed by atoms with Crippen LogP contribution in [-0.2, 0) is 12.6 Å². The predicted molar refractivity (Wildman–Crippen MR) is 95.7 cm³/mol. The third-order valence-electron chi connectivity index (χ3n) is 4.73. The number of hydrogen-bond donors (Lipinski definition) is 1. The van der Waals surface area contributed by atoms with Crippen LogP contribution in [0.5, 0.6) is 0 Å². The zero-order valence-electron chi connectivity index (χ0n) is 14.5. The van der Waals surface area contributed by atoms with Crippen LogP contribution in [0.25, 0.3) is 16.9 Å². The van der Waals surface area contributed by atoms with Gasteiger partial charge in [-0.2, -0.15) is 18.3 Å². The molecule has 6 heteroatoms. The van der Waals surface area contributed by atoms with Crippen molar-refractivity contribution in [2.75, 3.05) is 11.9 Å². The number of nitrogens with one attached hydrogen (secondary N) is 1. The number of nitrogens with zero attached hydrogens (tertiary/aromatic N) is 2. The largest absolute Gasteiger partial charge is 0.416 e. The number of fused-ring (bicyclic) bond motifs is 1. The first kappa shape index (κ1) is 16.7. The van der Waals surface area contributed by atoms with Crippen molar-refractivity contribution in [3.63, 3.8) is 0 Å². The number of halogens is 3. The quantitative estimate of drug-likeness (QED) is 0.688. The van der Waals surface area contributed by atoms with E-state index in [0.717, 1.165) is 59.0 Å². The second kappa shape index (κ2) is 5.90. The first-order valence-electron chi connectivity index (χ1n) is 8.45. The van der Waals surface area contributed by atoms with E-state index in [1.165, 1.54) is 12.1 Å². The molecule has 0 spiro atoms. The fourth-order valence-electron chi connectivity index (χ4n) is 3.35. The molecular weight excluding hydrogens is 339 g/mol. The lowest BCUT2D eigenvalue weighted by Gasteiger charge is -2.10. The van der Waals surface area contributed by atoms with Gasteiger partial charge in [0, 0.05) is 17.7 Å². The summed E-state index contributed by atoms with van der Waals surface area (Å²) in [5.41, 5.74) is 5.03. The predicted octanol–water partition coefficient (Wildman–Crippen LogP) is 5.14. The maximum Gasteiger partial charge on any atom is 0.416 e. The monoisotopic (exact) mass is 357 g/mol. The van der Waals surface area contributed by atoms with Crippen molar-refractivity contribution in [2.45, 2.75) is 26.4 Å². The molecule has 1 aliphatic rings. The molecule has 0 saturated carbocycles. The number of hydrogen-bond acceptors (Lipinski definition) is 2. The SMILES string of the molecule is Cc1ccc(C)c(-n2nc(-c3ccc(C(F)(F)F)cc3)c3c2NCC3)c1. The maximum absolute atomic E-state index is 12.8. The minimum absolute atomic E-state index is 0.648. The van der Waals surface area contributed by atoms with Gasteiger partial charge in [-0.15, -0.1) is 0 Å². The number of rotatable bonds is 2. The molecule has 3 nitrogen and oxygen atoms in total. The molecular formula is C20H18F3N3. The minimum Gasteiger partial charge on any atom is -0.369 e. The van der Waals surface area contributed by atoms with Crippen molar-refractivity contribution in [2.24, 2.45) is 0 Å². The van der Waals surface area contributed by atoms with Gasteiger partial charge in [0.15, 0.2) is 0 Å². The molecule has 0 aliphatic carbocycles. The summed E-state index contributed by atoms with van der Waals surface area (Å²) in [5, 5.41) is 8.10. The standard InChI is InChI=1S/C20H18F3N3/c1-12-3-4-13(2)17(11-12)26-19-16(9-10-24-19)18(25-26)14-5-7-15(8-6-14)20(21,22)23/h3-8,11,24H,9-10H2,1-2H3. The zero-order valence-corrected chi connectivity index (χ0v) is 14.5. The summed E-state index contributed by atoms with van der Waals surface area (Å²) in [5.74, 6) is 0.925. The van der Waals surface area contributed by atoms with E-state index in [9.17, 15) is 13.2 Å². The molecule has 0 amide bonds. The van der Waals surface area contributed by atoms with Crippen LogP contribution in [0, 0.1) is 13.8 Å². The summed E-state index contributed by atoms with van der Waals surface area (Å²) in [6, 6.07) is 11.4. The minimum atomic E-state index is -4.33. The number of aryl methyl sites for hydroxylation is 2. The van der Waals surface area contributed by atoms with Crippen LogP contribution in [0.2, 0.25) is 0 Å². The molecule has 2 heterocycles. The van der Waals surface area contributed by atoms with Crippen LogP contribution in [0.1, 0.15) is 22.3 Å². The lowest BCUT2D eigenvalue weighted by atomic mass is 10.0. The van der Waals surface area contributed by atoms with E-state index < -0.39 is 11.7 Å². The molecule has 2 aromatic carbocycles. The Morgan fingerprint density at radius 2 is 1.77 bits per heavy atom. The maximum atomic E-state index is 12.8. The molecule has 1 aromatic heterocycles. The second-order valence-corrected chi connectivity index (χ2v) is 6.63. The summed E-state index contributed by atoms with van der Waals surface area (Å²) < 4.78 is 40.3. The molecule has 0 bridgehead atoms. The van der Waals surface area contributed by atoms with E-state index in [4.69, 9.17) is 5.10 Å². The Hall–Kier alpha value is -2.76. The van der Waals surface area contributed by atoms with Gasteiger partial charge in [0.2, 0.25) is 0 Å². The molecule has 0 radical (unpaired) electrons. The molecule has 134 valence electrons. The summed E-state index contributed by atoms with van der Waals surface area (Å²) in [7, 11) is 0. The smallest absolute Gasteiger partial charge is 0.369 e. The first-order valence-corrected chi connectivity index (χ1v) is 8.45. The zero-order chi connectivity index (χ0) is 18.5. The third-order valence-corrected chi connectivity index (χ3v) is 4.73. The van der Waals surface area contributed by atoms with Gasteiger partial charge in [0.1, 0.15) is 5.82 Å². The van der Waals surface area contributed by atoms with Gasteiger partial charge in [0.25, 0.3) is 0 Å². The van der Waals surface area contributed by atoms with Crippen molar-refractivity contribution in [1.82, 2.24) is 9.78 Å². The molecule has 3 aromatic rings. The molecule has 1 aliphatic heterocycles. The number of anilines is 1. The van der Waals surface area contributed by atoms with Gasteiger partial charge in [-0.25, -0.2) is 4.68 Å². The van der Waals surface area contributed by atoms with E-state index >= 15 is 0 Å². The fourth-order valence-corrected chi connectivity index (χ4v) is 3.35. The van der Waals surface area contributed by atoms with E-state index in [-0.39, 0.29) is 0 Å². The average Bonchev–Trinajstić information content (AvgIpc) is 3.19. The van der Waals surface area contributed by atoms with Gasteiger partial charge in [0.05, 0.1) is 16.9 Å². The Morgan fingerprint density at radius 3 is 2.46 bits per heavy atom. The highest BCUT2D eigenvalue weighted by atomic mass is 19.4. The molecule has 0 atom stereocenters. The summed E-state index contributed by atoms with van der Waals surface area (Å²) in [6.07, 6.45) is -3.53. The first-order chi connectivity index (χ1) is 12.3. The van der Waals surface area contributed by atoms with Crippen molar-refractivity contribution in [3.05, 3.63) is 64.7 Å². The van der Waals surface area contributed by atoms with Crippen LogP contribution in [-0.4, -0.2) is 16.3 Å². The molecule has 0 fully saturated rings. The normalized spacial score (nSPS) is 13.6. The van der Waals surface area contributed by atoms with Crippen molar-refractivity contribution < 1.29 is 13.2 Å². The third kappa shape index (κ3) is 2.75. The van der Waals surface area contributed by atoms with Gasteiger partial charge in [-0.3, -0.25) is 0 Å². The Balaban J connectivity index is 1.83. The van der Waals surface area contributed by atoms with Crippen molar-refractivity contribution >= 4 is 5.82 Å². The second-order valence-electron chi connectivity index (χ2n) is 6.63. The summed E-state index contributed by atoms with van der Waals surface area (Å²) in [6.45, 7) is 4.85. The molecule has 26 heavy (non-hydrogen) atoms. The highest BCUT2D eigenvalue weighted by molar-refractivity contribution is 5.73. The Kier molecular flexibility index (Phi) is 3.79. The van der Waals surface area contributed by atoms with E-state index in [2.05, 4.69) is 11.4 Å². The van der Waals surface area contributed by atoms with Crippen LogP contribution in [0.3, 0.4) is 0 Å². The highest BCUT2D eigenvalue weighted by Gasteiger charge is 2.30. The van der Waals surface area contributed by atoms with Crippen molar-refractivity contribution in [3.8, 4) is 16.9 Å². The number of alkyl halides is 3. The lowest BCUT2D eigenvalue weighted by Crippen LogP contribution is -2.06. The molecule has 1 N–H and O–H groups in total. The lowest BCUT2D eigenvalue weighted by molar-refractivity contribution is -0.137. The molecule has 4 rings (SSSR count). The van der Waals surface area contributed by atoms with Crippen molar-refractivity contribution in [1.29, 1.82) is 0 Å². The van der Waals surface area contributed by atoms with E-state index in [1.807, 2.05) is 30.7 Å². The molecule has 0 saturated heterocycles. The summed E-state index contributed by atoms with van der Waals surface area (Å²) in [4.78, 5) is 0. The van der Waals surface area contributed by atoms with E-state index in [0.29, 0.717) is 5.56 Å². The van der Waals surface area contributed by atoms with Gasteiger partial charge in [-0.1, -0.05) is 24.3 Å². The van der Waals surface area contributed by atoms with Crippen LogP contribution >= 0.6 is 0 Å². The van der Waals surface area contributed by atoms with Gasteiger partial charge >= 0.3 is 6.18 Å². The molecule has 0 unspecified atom stereocenters. The Bertz CT molecular complexity index is 969. The Morgan fingerprint density at radius 1 is 1.04 bits per heavy atom.